The summed E-state index contributed by atoms with van der Waals surface area (Å²) >= 11 is 0. The Hall–Kier alpha value is -1.91. The molecule has 0 aromatic heterocycles. The predicted octanol–water partition coefficient (Wildman–Crippen LogP) is 1.82. The third-order valence-corrected chi connectivity index (χ3v) is 2.98. The van der Waals surface area contributed by atoms with Crippen LogP contribution >= 0.6 is 0 Å². The summed E-state index contributed by atoms with van der Waals surface area (Å²) < 4.78 is 13.2. The second kappa shape index (κ2) is 4.76. The van der Waals surface area contributed by atoms with E-state index in [1.807, 2.05) is 0 Å². The fourth-order valence-corrected chi connectivity index (χ4v) is 1.88. The number of hydrogen-bond donors (Lipinski definition) is 1. The van der Waals surface area contributed by atoms with E-state index in [0.29, 0.717) is 5.56 Å². The van der Waals surface area contributed by atoms with E-state index in [1.165, 1.54) is 17.0 Å². The van der Waals surface area contributed by atoms with Crippen molar-refractivity contribution in [3.63, 3.8) is 0 Å². The van der Waals surface area contributed by atoms with E-state index in [-0.39, 0.29) is 18.2 Å². The summed E-state index contributed by atoms with van der Waals surface area (Å²) in [5.41, 5.74) is 0.889. The number of carboxylic acids is 1. The minimum absolute atomic E-state index is 0.0173. The summed E-state index contributed by atoms with van der Waals surface area (Å²) in [6, 6.07) is 3.95. The molecule has 0 atom stereocenters. The molecular formula is C13H14FNO3. The van der Waals surface area contributed by atoms with E-state index >= 15 is 0 Å². The first-order valence-electron chi connectivity index (χ1n) is 5.78. The molecule has 1 amide bonds. The largest absolute Gasteiger partial charge is 0.480 e. The lowest BCUT2D eigenvalue weighted by Gasteiger charge is -2.21. The Morgan fingerprint density at radius 2 is 2.11 bits per heavy atom. The van der Waals surface area contributed by atoms with Gasteiger partial charge in [-0.3, -0.25) is 9.59 Å². The number of amides is 1. The van der Waals surface area contributed by atoms with Crippen LogP contribution in [0.2, 0.25) is 0 Å². The molecule has 1 aromatic rings. The molecule has 1 fully saturated rings. The smallest absolute Gasteiger partial charge is 0.323 e. The summed E-state index contributed by atoms with van der Waals surface area (Å²) in [7, 11) is 0. The first kappa shape index (κ1) is 12.5. The van der Waals surface area contributed by atoms with E-state index < -0.39 is 17.7 Å². The maximum Gasteiger partial charge on any atom is 0.323 e. The van der Waals surface area contributed by atoms with Crippen molar-refractivity contribution in [1.82, 2.24) is 4.90 Å². The van der Waals surface area contributed by atoms with Crippen LogP contribution < -0.4 is 0 Å². The highest BCUT2D eigenvalue weighted by molar-refractivity contribution is 5.97. The molecule has 1 N–H and O–H groups in total. The maximum atomic E-state index is 13.2. The molecule has 1 aromatic carbocycles. The lowest BCUT2D eigenvalue weighted by atomic mass is 10.1. The minimum Gasteiger partial charge on any atom is -0.480 e. The molecule has 0 aliphatic heterocycles. The molecule has 0 saturated heterocycles. The number of carbonyl (C=O) groups excluding carboxylic acids is 1. The molecule has 18 heavy (non-hydrogen) atoms. The zero-order valence-electron chi connectivity index (χ0n) is 10.0. The van der Waals surface area contributed by atoms with Crippen LogP contribution in [0.1, 0.15) is 28.8 Å². The molecule has 0 bridgehead atoms. The van der Waals surface area contributed by atoms with Crippen molar-refractivity contribution in [2.75, 3.05) is 6.54 Å². The van der Waals surface area contributed by atoms with Gasteiger partial charge in [0.05, 0.1) is 0 Å². The highest BCUT2D eigenvalue weighted by atomic mass is 19.1. The summed E-state index contributed by atoms with van der Waals surface area (Å²) in [4.78, 5) is 24.3. The first-order chi connectivity index (χ1) is 8.49. The molecule has 1 aliphatic rings. The Labute approximate surface area is 104 Å². The van der Waals surface area contributed by atoms with Gasteiger partial charge in [-0.2, -0.15) is 0 Å². The molecule has 4 nitrogen and oxygen atoms in total. The Morgan fingerprint density at radius 1 is 1.44 bits per heavy atom. The van der Waals surface area contributed by atoms with Gasteiger partial charge in [0.15, 0.2) is 0 Å². The number of carbonyl (C=O) groups is 2. The van der Waals surface area contributed by atoms with Crippen molar-refractivity contribution in [3.05, 3.63) is 35.1 Å². The monoisotopic (exact) mass is 251 g/mol. The van der Waals surface area contributed by atoms with Gasteiger partial charge in [-0.15, -0.1) is 0 Å². The molecule has 1 saturated carbocycles. The molecule has 2 rings (SSSR count). The van der Waals surface area contributed by atoms with Crippen molar-refractivity contribution in [1.29, 1.82) is 0 Å². The van der Waals surface area contributed by atoms with E-state index in [0.717, 1.165) is 18.9 Å². The predicted molar refractivity (Wildman–Crippen MR) is 62.8 cm³/mol. The lowest BCUT2D eigenvalue weighted by Crippen LogP contribution is -2.37. The van der Waals surface area contributed by atoms with Gasteiger partial charge in [-0.25, -0.2) is 4.39 Å². The molecule has 5 heteroatoms. The third-order valence-electron chi connectivity index (χ3n) is 2.98. The van der Waals surface area contributed by atoms with Crippen molar-refractivity contribution in [2.45, 2.75) is 25.8 Å². The summed E-state index contributed by atoms with van der Waals surface area (Å²) in [6.45, 7) is 1.37. The fraction of sp³-hybridized carbons (Fsp3) is 0.385. The fourth-order valence-electron chi connectivity index (χ4n) is 1.88. The Bertz CT molecular complexity index is 497. The molecule has 96 valence electrons. The van der Waals surface area contributed by atoms with Crippen LogP contribution in [0.5, 0.6) is 0 Å². The Kier molecular flexibility index (Phi) is 3.32. The average molecular weight is 251 g/mol. The topological polar surface area (TPSA) is 57.6 Å². The summed E-state index contributed by atoms with van der Waals surface area (Å²) in [6.07, 6.45) is 1.63. The van der Waals surface area contributed by atoms with Crippen LogP contribution in [-0.2, 0) is 4.79 Å². The van der Waals surface area contributed by atoms with Crippen LogP contribution in [0.4, 0.5) is 4.39 Å². The van der Waals surface area contributed by atoms with Crippen LogP contribution in [0.25, 0.3) is 0 Å². The zero-order chi connectivity index (χ0) is 13.3. The lowest BCUT2D eigenvalue weighted by molar-refractivity contribution is -0.137. The minimum atomic E-state index is -1.05. The number of aryl methyl sites for hydroxylation is 1. The molecule has 1 aliphatic carbocycles. The first-order valence-corrected chi connectivity index (χ1v) is 5.78. The zero-order valence-corrected chi connectivity index (χ0v) is 10.0. The van der Waals surface area contributed by atoms with Gasteiger partial charge in [-0.05, 0) is 37.5 Å². The van der Waals surface area contributed by atoms with Gasteiger partial charge in [0, 0.05) is 11.6 Å². The number of nitrogens with zero attached hydrogens (tertiary/aromatic N) is 1. The van der Waals surface area contributed by atoms with Crippen LogP contribution in [0, 0.1) is 12.7 Å². The van der Waals surface area contributed by atoms with Crippen molar-refractivity contribution < 1.29 is 19.1 Å². The van der Waals surface area contributed by atoms with Gasteiger partial charge in [-0.1, -0.05) is 6.07 Å². The number of aliphatic carboxylic acids is 1. The van der Waals surface area contributed by atoms with Gasteiger partial charge in [0.1, 0.15) is 12.4 Å². The number of benzene rings is 1. The van der Waals surface area contributed by atoms with Gasteiger partial charge >= 0.3 is 5.97 Å². The van der Waals surface area contributed by atoms with Gasteiger partial charge < -0.3 is 10.0 Å². The standard InChI is InChI=1S/C13H14FNO3/c1-8-2-3-9(14)6-11(8)13(18)15(7-12(16)17)10-4-5-10/h2-3,6,10H,4-5,7H2,1H3,(H,16,17). The molecular weight excluding hydrogens is 237 g/mol. The quantitative estimate of drug-likeness (QED) is 0.888. The second-order valence-electron chi connectivity index (χ2n) is 4.52. The van der Waals surface area contributed by atoms with Crippen LogP contribution in [0.3, 0.4) is 0 Å². The van der Waals surface area contributed by atoms with Crippen molar-refractivity contribution in [2.24, 2.45) is 0 Å². The third kappa shape index (κ3) is 2.67. The van der Waals surface area contributed by atoms with Crippen LogP contribution in [-0.4, -0.2) is 34.5 Å². The van der Waals surface area contributed by atoms with Crippen molar-refractivity contribution >= 4 is 11.9 Å². The van der Waals surface area contributed by atoms with E-state index in [9.17, 15) is 14.0 Å². The number of rotatable bonds is 4. The summed E-state index contributed by atoms with van der Waals surface area (Å²) in [5, 5.41) is 8.81. The van der Waals surface area contributed by atoms with Gasteiger partial charge in [0.2, 0.25) is 0 Å². The van der Waals surface area contributed by atoms with E-state index in [2.05, 4.69) is 0 Å². The second-order valence-corrected chi connectivity index (χ2v) is 4.52. The molecule has 0 unspecified atom stereocenters. The molecule has 0 heterocycles. The van der Waals surface area contributed by atoms with E-state index in [4.69, 9.17) is 5.11 Å². The highest BCUT2D eigenvalue weighted by Gasteiger charge is 2.34. The molecule has 0 spiro atoms. The van der Waals surface area contributed by atoms with Gasteiger partial charge in [0.25, 0.3) is 5.91 Å². The SMILES string of the molecule is Cc1ccc(F)cc1C(=O)N(CC(=O)O)C1CC1. The Balaban J connectivity index is 2.27. The number of carboxylic acid groups (broad SMARTS) is 1. The number of halogens is 1. The van der Waals surface area contributed by atoms with Crippen LogP contribution in [0.15, 0.2) is 18.2 Å². The van der Waals surface area contributed by atoms with E-state index in [1.54, 1.807) is 6.92 Å². The van der Waals surface area contributed by atoms with Crippen molar-refractivity contribution in [3.8, 4) is 0 Å². The number of hydrogen-bond acceptors (Lipinski definition) is 2. The Morgan fingerprint density at radius 3 is 2.67 bits per heavy atom. The average Bonchev–Trinajstić information content (AvgIpc) is 3.12. The molecule has 0 radical (unpaired) electrons. The maximum absolute atomic E-state index is 13.2. The summed E-state index contributed by atoms with van der Waals surface area (Å²) in [5.74, 6) is -1.95. The highest BCUT2D eigenvalue weighted by Crippen LogP contribution is 2.28. The normalized spacial score (nSPS) is 14.3.